The summed E-state index contributed by atoms with van der Waals surface area (Å²) in [5.74, 6) is 0.969. The third-order valence-corrected chi connectivity index (χ3v) is 5.89. The average Bonchev–Trinajstić information content (AvgIpc) is 3.14. The lowest BCUT2D eigenvalue weighted by molar-refractivity contribution is 0.958. The van der Waals surface area contributed by atoms with Gasteiger partial charge < -0.3 is 4.57 Å². The predicted octanol–water partition coefficient (Wildman–Crippen LogP) is 5.02. The molecule has 0 radical (unpaired) electrons. The number of aromatic nitrogens is 4. The van der Waals surface area contributed by atoms with Crippen molar-refractivity contribution in [2.75, 3.05) is 0 Å². The number of fused-ring (bicyclic) bond motifs is 4. The maximum atomic E-state index is 4.86. The molecule has 0 amide bonds. The molecule has 0 atom stereocenters. The van der Waals surface area contributed by atoms with Gasteiger partial charge in [0.15, 0.2) is 0 Å². The summed E-state index contributed by atoms with van der Waals surface area (Å²) < 4.78 is 3.37. The average molecular weight is 344 g/mol. The van der Waals surface area contributed by atoms with Crippen LogP contribution in [0.5, 0.6) is 0 Å². The van der Waals surface area contributed by atoms with Crippen molar-refractivity contribution < 1.29 is 0 Å². The van der Waals surface area contributed by atoms with E-state index in [-0.39, 0.29) is 0 Å². The third kappa shape index (κ3) is 2.02. The van der Waals surface area contributed by atoms with Gasteiger partial charge in [-0.2, -0.15) is 0 Å². The van der Waals surface area contributed by atoms with Crippen LogP contribution < -0.4 is 0 Å². The molecule has 0 aliphatic carbocycles. The monoisotopic (exact) mass is 344 g/mol. The largest absolute Gasteiger partial charge is 0.326 e. The number of rotatable bonds is 1. The fourth-order valence-corrected chi connectivity index (χ4v) is 4.78. The molecule has 0 fully saturated rings. The van der Waals surface area contributed by atoms with Gasteiger partial charge in [0.05, 0.1) is 17.2 Å². The molecule has 0 aliphatic rings. The van der Waals surface area contributed by atoms with Crippen molar-refractivity contribution in [3.05, 3.63) is 54.0 Å². The van der Waals surface area contributed by atoms with Gasteiger partial charge in [0, 0.05) is 40.0 Å². The Morgan fingerprint density at radius 1 is 1.00 bits per heavy atom. The molecule has 0 aliphatic heterocycles. The zero-order chi connectivity index (χ0) is 17.1. The fourth-order valence-electron chi connectivity index (χ4n) is 3.47. The molecule has 0 saturated carbocycles. The van der Waals surface area contributed by atoms with Gasteiger partial charge in [0.2, 0.25) is 0 Å². The number of hydrogen-bond donors (Lipinski definition) is 0. The zero-order valence-electron chi connectivity index (χ0n) is 14.2. The van der Waals surface area contributed by atoms with Gasteiger partial charge in [0.1, 0.15) is 10.7 Å². The Kier molecular flexibility index (Phi) is 2.97. The van der Waals surface area contributed by atoms with E-state index in [0.29, 0.717) is 0 Å². The maximum absolute atomic E-state index is 4.86. The van der Waals surface area contributed by atoms with Crippen molar-refractivity contribution in [2.24, 2.45) is 7.05 Å². The molecule has 0 bridgehead atoms. The van der Waals surface area contributed by atoms with E-state index < -0.39 is 0 Å². The molecule has 0 N–H and O–H groups in total. The molecule has 4 aromatic heterocycles. The van der Waals surface area contributed by atoms with Crippen molar-refractivity contribution in [1.82, 2.24) is 19.5 Å². The third-order valence-electron chi connectivity index (χ3n) is 4.76. The second kappa shape index (κ2) is 5.10. The Labute approximate surface area is 148 Å². The van der Waals surface area contributed by atoms with Crippen molar-refractivity contribution in [2.45, 2.75) is 13.8 Å². The van der Waals surface area contributed by atoms with Crippen LogP contribution in [0.2, 0.25) is 0 Å². The Hall–Kier alpha value is -2.79. The van der Waals surface area contributed by atoms with Crippen molar-refractivity contribution in [3.63, 3.8) is 0 Å². The summed E-state index contributed by atoms with van der Waals surface area (Å²) in [6.07, 6.45) is 3.66. The minimum atomic E-state index is 0.969. The molecule has 4 heterocycles. The highest BCUT2D eigenvalue weighted by atomic mass is 32.1. The number of benzene rings is 1. The van der Waals surface area contributed by atoms with Crippen LogP contribution in [0.25, 0.3) is 42.7 Å². The molecule has 0 unspecified atom stereocenters. The molecule has 0 saturated heterocycles. The van der Waals surface area contributed by atoms with Crippen LogP contribution in [0, 0.1) is 13.8 Å². The Morgan fingerprint density at radius 3 is 2.72 bits per heavy atom. The molecular formula is C20H16N4S. The van der Waals surface area contributed by atoms with Crippen LogP contribution in [0.15, 0.2) is 42.7 Å². The van der Waals surface area contributed by atoms with Crippen LogP contribution in [0.1, 0.15) is 11.3 Å². The number of aryl methyl sites for hydroxylation is 3. The minimum Gasteiger partial charge on any atom is -0.326 e. The molecule has 122 valence electrons. The van der Waals surface area contributed by atoms with Crippen LogP contribution in [0.3, 0.4) is 0 Å². The molecule has 25 heavy (non-hydrogen) atoms. The van der Waals surface area contributed by atoms with Crippen LogP contribution in [-0.2, 0) is 7.05 Å². The summed E-state index contributed by atoms with van der Waals surface area (Å²) in [7, 11) is 2.05. The van der Waals surface area contributed by atoms with E-state index in [1.165, 1.54) is 21.0 Å². The van der Waals surface area contributed by atoms with Crippen molar-refractivity contribution >= 4 is 42.7 Å². The standard InChI is InChI=1S/C20H16N4S/c1-11-4-6-14(19-23-15-8-9-21-10-16(15)24(19)3)18-17(11)13-7-5-12(2)22-20(13)25-18/h4-10H,1-3H3. The summed E-state index contributed by atoms with van der Waals surface area (Å²) in [5, 5.41) is 2.51. The van der Waals surface area contributed by atoms with Crippen LogP contribution in [0.4, 0.5) is 0 Å². The highest BCUT2D eigenvalue weighted by Gasteiger charge is 2.17. The molecule has 4 nitrogen and oxygen atoms in total. The first kappa shape index (κ1) is 14.5. The van der Waals surface area contributed by atoms with E-state index in [9.17, 15) is 0 Å². The minimum absolute atomic E-state index is 0.969. The van der Waals surface area contributed by atoms with Crippen molar-refractivity contribution in [1.29, 1.82) is 0 Å². The Balaban J connectivity index is 1.91. The smallest absolute Gasteiger partial charge is 0.142 e. The summed E-state index contributed by atoms with van der Waals surface area (Å²) in [5.41, 5.74) is 5.49. The summed E-state index contributed by atoms with van der Waals surface area (Å²) in [4.78, 5) is 14.9. The second-order valence-electron chi connectivity index (χ2n) is 6.40. The van der Waals surface area contributed by atoms with Gasteiger partial charge in [-0.1, -0.05) is 6.07 Å². The lowest BCUT2D eigenvalue weighted by atomic mass is 10.0. The molecule has 5 rings (SSSR count). The van der Waals surface area contributed by atoms with E-state index >= 15 is 0 Å². The lowest BCUT2D eigenvalue weighted by Crippen LogP contribution is -1.93. The summed E-state index contributed by atoms with van der Waals surface area (Å²) in [6.45, 7) is 4.20. The lowest BCUT2D eigenvalue weighted by Gasteiger charge is -2.06. The zero-order valence-corrected chi connectivity index (χ0v) is 15.1. The molecule has 0 spiro atoms. The topological polar surface area (TPSA) is 43.6 Å². The van der Waals surface area contributed by atoms with E-state index in [0.717, 1.165) is 32.9 Å². The molecule has 5 aromatic rings. The van der Waals surface area contributed by atoms with Gasteiger partial charge in [-0.05, 0) is 43.7 Å². The fraction of sp³-hybridized carbons (Fsp3) is 0.150. The van der Waals surface area contributed by atoms with E-state index in [4.69, 9.17) is 9.97 Å². The Morgan fingerprint density at radius 2 is 1.88 bits per heavy atom. The predicted molar refractivity (Wildman–Crippen MR) is 104 cm³/mol. The first-order valence-electron chi connectivity index (χ1n) is 8.20. The van der Waals surface area contributed by atoms with Crippen molar-refractivity contribution in [3.8, 4) is 11.4 Å². The molecule has 1 aromatic carbocycles. The van der Waals surface area contributed by atoms with Gasteiger partial charge in [-0.25, -0.2) is 9.97 Å². The SMILES string of the molecule is Cc1ccc2c(n1)sc1c(-c3nc4ccncc4n3C)ccc(C)c12. The number of imidazole rings is 1. The molecular weight excluding hydrogens is 328 g/mol. The van der Waals surface area contributed by atoms with Crippen LogP contribution in [-0.4, -0.2) is 19.5 Å². The van der Waals surface area contributed by atoms with E-state index in [1.54, 1.807) is 17.5 Å². The van der Waals surface area contributed by atoms with E-state index in [1.807, 2.05) is 26.2 Å². The van der Waals surface area contributed by atoms with E-state index in [2.05, 4.69) is 40.7 Å². The second-order valence-corrected chi connectivity index (χ2v) is 7.40. The normalized spacial score (nSPS) is 11.8. The first-order valence-corrected chi connectivity index (χ1v) is 9.01. The number of hydrogen-bond acceptors (Lipinski definition) is 4. The van der Waals surface area contributed by atoms with Gasteiger partial charge in [-0.15, -0.1) is 11.3 Å². The molecule has 5 heteroatoms. The van der Waals surface area contributed by atoms with Crippen LogP contribution >= 0.6 is 11.3 Å². The van der Waals surface area contributed by atoms with Gasteiger partial charge in [0.25, 0.3) is 0 Å². The number of pyridine rings is 2. The maximum Gasteiger partial charge on any atom is 0.142 e. The summed E-state index contributed by atoms with van der Waals surface area (Å²) in [6, 6.07) is 10.6. The number of nitrogens with zero attached hydrogens (tertiary/aromatic N) is 4. The summed E-state index contributed by atoms with van der Waals surface area (Å²) >= 11 is 1.75. The highest BCUT2D eigenvalue weighted by molar-refractivity contribution is 7.26. The van der Waals surface area contributed by atoms with Gasteiger partial charge in [-0.3, -0.25) is 4.98 Å². The highest BCUT2D eigenvalue weighted by Crippen LogP contribution is 2.41. The quantitative estimate of drug-likeness (QED) is 0.429. The number of thiophene rings is 1. The van der Waals surface area contributed by atoms with Gasteiger partial charge >= 0.3 is 0 Å². The Bertz CT molecular complexity index is 1280. The first-order chi connectivity index (χ1) is 12.1.